The van der Waals surface area contributed by atoms with Crippen molar-refractivity contribution >= 4 is 23.2 Å². The predicted octanol–water partition coefficient (Wildman–Crippen LogP) is 2.71. The lowest BCUT2D eigenvalue weighted by atomic mass is 10.1. The lowest BCUT2D eigenvalue weighted by molar-refractivity contribution is 0.263. The maximum absolute atomic E-state index is 6.15. The second-order valence-electron chi connectivity index (χ2n) is 4.31. The van der Waals surface area contributed by atoms with Gasteiger partial charge in [-0.2, -0.15) is 0 Å². The molecule has 0 spiro atoms. The van der Waals surface area contributed by atoms with Gasteiger partial charge in [-0.05, 0) is 17.7 Å². The SMILES string of the molecule is Clc1cc(CC2CO2)cc(Cl)c1OCC1CO1. The summed E-state index contributed by atoms with van der Waals surface area (Å²) in [6, 6.07) is 3.77. The Balaban J connectivity index is 1.72. The van der Waals surface area contributed by atoms with Crippen LogP contribution in [0.3, 0.4) is 0 Å². The van der Waals surface area contributed by atoms with Crippen LogP contribution in [0.5, 0.6) is 5.75 Å². The van der Waals surface area contributed by atoms with Gasteiger partial charge in [-0.25, -0.2) is 0 Å². The second-order valence-corrected chi connectivity index (χ2v) is 5.13. The van der Waals surface area contributed by atoms with E-state index in [1.165, 1.54) is 0 Å². The molecule has 0 aromatic heterocycles. The molecule has 0 aliphatic carbocycles. The molecule has 0 bridgehead atoms. The summed E-state index contributed by atoms with van der Waals surface area (Å²) < 4.78 is 15.8. The molecule has 1 aromatic rings. The number of halogens is 2. The topological polar surface area (TPSA) is 34.3 Å². The van der Waals surface area contributed by atoms with Gasteiger partial charge in [0, 0.05) is 6.42 Å². The number of ether oxygens (including phenoxy) is 3. The normalized spacial score (nSPS) is 25.8. The van der Waals surface area contributed by atoms with Crippen molar-refractivity contribution in [2.24, 2.45) is 0 Å². The molecular weight excluding hydrogens is 263 g/mol. The molecule has 0 N–H and O–H groups in total. The summed E-state index contributed by atoms with van der Waals surface area (Å²) in [6.07, 6.45) is 1.38. The van der Waals surface area contributed by atoms with E-state index in [1.54, 1.807) is 0 Å². The van der Waals surface area contributed by atoms with E-state index in [0.29, 0.717) is 28.5 Å². The van der Waals surface area contributed by atoms with E-state index in [2.05, 4.69) is 0 Å². The smallest absolute Gasteiger partial charge is 0.156 e. The molecule has 17 heavy (non-hydrogen) atoms. The summed E-state index contributed by atoms with van der Waals surface area (Å²) in [6.45, 7) is 2.09. The predicted molar refractivity (Wildman–Crippen MR) is 65.1 cm³/mol. The fourth-order valence-electron chi connectivity index (χ4n) is 1.66. The number of rotatable bonds is 5. The minimum absolute atomic E-state index is 0.196. The first kappa shape index (κ1) is 11.6. The van der Waals surface area contributed by atoms with Gasteiger partial charge in [0.15, 0.2) is 5.75 Å². The Labute approximate surface area is 110 Å². The van der Waals surface area contributed by atoms with Crippen molar-refractivity contribution < 1.29 is 14.2 Å². The second kappa shape index (κ2) is 4.65. The highest BCUT2D eigenvalue weighted by Gasteiger charge is 2.25. The van der Waals surface area contributed by atoms with Crippen LogP contribution < -0.4 is 4.74 Å². The Morgan fingerprint density at radius 2 is 1.71 bits per heavy atom. The van der Waals surface area contributed by atoms with Gasteiger partial charge in [0.25, 0.3) is 0 Å². The van der Waals surface area contributed by atoms with Crippen LogP contribution >= 0.6 is 23.2 Å². The van der Waals surface area contributed by atoms with E-state index in [4.69, 9.17) is 37.4 Å². The molecule has 5 heteroatoms. The molecule has 2 fully saturated rings. The van der Waals surface area contributed by atoms with Gasteiger partial charge < -0.3 is 14.2 Å². The van der Waals surface area contributed by atoms with Crippen LogP contribution in [0, 0.1) is 0 Å². The van der Waals surface area contributed by atoms with E-state index in [0.717, 1.165) is 25.2 Å². The zero-order chi connectivity index (χ0) is 11.8. The molecule has 2 aliphatic rings. The standard InChI is InChI=1S/C12H12Cl2O3/c13-10-2-7(1-8-4-15-8)3-11(14)12(10)17-6-9-5-16-9/h2-3,8-9H,1,4-6H2. The quantitative estimate of drug-likeness (QED) is 0.775. The highest BCUT2D eigenvalue weighted by atomic mass is 35.5. The number of hydrogen-bond donors (Lipinski definition) is 0. The largest absolute Gasteiger partial charge is 0.488 e. The summed E-state index contributed by atoms with van der Waals surface area (Å²) in [5.41, 5.74) is 1.08. The maximum Gasteiger partial charge on any atom is 0.156 e. The monoisotopic (exact) mass is 274 g/mol. The Kier molecular flexibility index (Phi) is 3.17. The molecule has 92 valence electrons. The first-order valence-electron chi connectivity index (χ1n) is 5.56. The van der Waals surface area contributed by atoms with E-state index < -0.39 is 0 Å². The van der Waals surface area contributed by atoms with Gasteiger partial charge in [0.2, 0.25) is 0 Å². The minimum atomic E-state index is 0.196. The van der Waals surface area contributed by atoms with Crippen molar-refractivity contribution in [3.8, 4) is 5.75 Å². The molecule has 2 saturated heterocycles. The summed E-state index contributed by atoms with van der Waals surface area (Å²) in [5, 5.41) is 1.10. The van der Waals surface area contributed by atoms with E-state index in [9.17, 15) is 0 Å². The van der Waals surface area contributed by atoms with Gasteiger partial charge in [-0.15, -0.1) is 0 Å². The van der Waals surface area contributed by atoms with Crippen LogP contribution in [0.25, 0.3) is 0 Å². The van der Waals surface area contributed by atoms with E-state index in [-0.39, 0.29) is 6.10 Å². The van der Waals surface area contributed by atoms with E-state index >= 15 is 0 Å². The summed E-state index contributed by atoms with van der Waals surface area (Å²) in [4.78, 5) is 0. The number of benzene rings is 1. The van der Waals surface area contributed by atoms with Crippen molar-refractivity contribution in [2.75, 3.05) is 19.8 Å². The Morgan fingerprint density at radius 3 is 2.24 bits per heavy atom. The third-order valence-electron chi connectivity index (χ3n) is 2.74. The van der Waals surface area contributed by atoms with Crippen LogP contribution in [0.4, 0.5) is 0 Å². The Bertz CT molecular complexity index is 405. The average molecular weight is 275 g/mol. The first-order chi connectivity index (χ1) is 8.22. The zero-order valence-electron chi connectivity index (χ0n) is 9.12. The molecule has 0 radical (unpaired) electrons. The molecule has 2 heterocycles. The molecule has 2 aliphatic heterocycles. The third-order valence-corrected chi connectivity index (χ3v) is 3.30. The summed E-state index contributed by atoms with van der Waals surface area (Å²) in [5.74, 6) is 0.546. The molecule has 3 rings (SSSR count). The average Bonchev–Trinajstić information content (AvgIpc) is 3.10. The molecule has 2 atom stereocenters. The van der Waals surface area contributed by atoms with Gasteiger partial charge >= 0.3 is 0 Å². The van der Waals surface area contributed by atoms with Crippen molar-refractivity contribution in [3.05, 3.63) is 27.7 Å². The van der Waals surface area contributed by atoms with E-state index in [1.807, 2.05) is 12.1 Å². The van der Waals surface area contributed by atoms with Crippen LogP contribution in [0.1, 0.15) is 5.56 Å². The lowest BCUT2D eigenvalue weighted by Gasteiger charge is -2.10. The molecular formula is C12H12Cl2O3. The van der Waals surface area contributed by atoms with Crippen LogP contribution in [-0.2, 0) is 15.9 Å². The zero-order valence-corrected chi connectivity index (χ0v) is 10.6. The van der Waals surface area contributed by atoms with Gasteiger partial charge in [0.1, 0.15) is 12.7 Å². The Hall–Kier alpha value is -0.480. The van der Waals surface area contributed by atoms with Crippen molar-refractivity contribution in [3.63, 3.8) is 0 Å². The van der Waals surface area contributed by atoms with Crippen LogP contribution in [-0.4, -0.2) is 32.0 Å². The number of epoxide rings is 2. The van der Waals surface area contributed by atoms with Crippen LogP contribution in [0.15, 0.2) is 12.1 Å². The van der Waals surface area contributed by atoms with Gasteiger partial charge in [0.05, 0.1) is 29.4 Å². The number of hydrogen-bond acceptors (Lipinski definition) is 3. The maximum atomic E-state index is 6.15. The minimum Gasteiger partial charge on any atom is -0.488 e. The van der Waals surface area contributed by atoms with Gasteiger partial charge in [-0.3, -0.25) is 0 Å². The fourth-order valence-corrected chi connectivity index (χ4v) is 2.30. The van der Waals surface area contributed by atoms with Crippen LogP contribution in [0.2, 0.25) is 10.0 Å². The highest BCUT2D eigenvalue weighted by molar-refractivity contribution is 6.37. The molecule has 0 amide bonds. The lowest BCUT2D eigenvalue weighted by Crippen LogP contribution is -2.05. The fraction of sp³-hybridized carbons (Fsp3) is 0.500. The van der Waals surface area contributed by atoms with Crippen molar-refractivity contribution in [2.45, 2.75) is 18.6 Å². The van der Waals surface area contributed by atoms with Crippen molar-refractivity contribution in [1.29, 1.82) is 0 Å². The molecule has 0 saturated carbocycles. The summed E-state index contributed by atoms with van der Waals surface area (Å²) >= 11 is 12.3. The molecule has 2 unspecified atom stereocenters. The van der Waals surface area contributed by atoms with Crippen molar-refractivity contribution in [1.82, 2.24) is 0 Å². The first-order valence-corrected chi connectivity index (χ1v) is 6.32. The summed E-state index contributed by atoms with van der Waals surface area (Å²) in [7, 11) is 0. The molecule has 3 nitrogen and oxygen atoms in total. The Morgan fingerprint density at radius 1 is 1.12 bits per heavy atom. The highest BCUT2D eigenvalue weighted by Crippen LogP contribution is 2.35. The third kappa shape index (κ3) is 3.05. The molecule has 1 aromatic carbocycles. The van der Waals surface area contributed by atoms with Gasteiger partial charge in [-0.1, -0.05) is 23.2 Å².